The Hall–Kier alpha value is -3.90. The zero-order valence-corrected chi connectivity index (χ0v) is 19.2. The SMILES string of the molecule is [C-]#[N+]c1cc(-c2nc(-c3cccc4c3OCCN(CCCC(=O)O)C4)no2)ccc1OC(C)C. The maximum atomic E-state index is 10.8. The number of aromatic nitrogens is 2. The van der Waals surface area contributed by atoms with Crippen molar-refractivity contribution in [2.75, 3.05) is 19.7 Å². The Morgan fingerprint density at radius 3 is 2.94 bits per heavy atom. The molecule has 2 heterocycles. The van der Waals surface area contributed by atoms with Gasteiger partial charge in [0.25, 0.3) is 5.89 Å². The molecule has 1 aromatic heterocycles. The summed E-state index contributed by atoms with van der Waals surface area (Å²) in [5.74, 6) is 1.14. The van der Waals surface area contributed by atoms with Crippen LogP contribution < -0.4 is 9.47 Å². The summed E-state index contributed by atoms with van der Waals surface area (Å²) < 4.78 is 17.3. The molecule has 0 atom stereocenters. The van der Waals surface area contributed by atoms with E-state index in [0.29, 0.717) is 67.1 Å². The normalized spacial score (nSPS) is 13.6. The van der Waals surface area contributed by atoms with Crippen LogP contribution in [0.5, 0.6) is 11.5 Å². The minimum atomic E-state index is -0.785. The van der Waals surface area contributed by atoms with Gasteiger partial charge in [0.05, 0.1) is 18.2 Å². The van der Waals surface area contributed by atoms with Crippen molar-refractivity contribution in [1.29, 1.82) is 0 Å². The molecule has 2 aromatic carbocycles. The van der Waals surface area contributed by atoms with Gasteiger partial charge in [-0.1, -0.05) is 17.3 Å². The number of aliphatic carboxylic acids is 1. The predicted molar refractivity (Wildman–Crippen MR) is 125 cm³/mol. The molecule has 0 unspecified atom stereocenters. The summed E-state index contributed by atoms with van der Waals surface area (Å²) >= 11 is 0. The molecule has 1 N–H and O–H groups in total. The van der Waals surface area contributed by atoms with Gasteiger partial charge in [-0.25, -0.2) is 4.85 Å². The highest BCUT2D eigenvalue weighted by atomic mass is 16.5. The second-order valence-corrected chi connectivity index (χ2v) is 8.30. The summed E-state index contributed by atoms with van der Waals surface area (Å²) in [7, 11) is 0. The molecule has 9 heteroatoms. The Balaban J connectivity index is 1.57. The van der Waals surface area contributed by atoms with Crippen LogP contribution in [0, 0.1) is 6.57 Å². The van der Waals surface area contributed by atoms with Crippen LogP contribution in [0.2, 0.25) is 0 Å². The lowest BCUT2D eigenvalue weighted by molar-refractivity contribution is -0.137. The number of carboxylic acid groups (broad SMARTS) is 1. The van der Waals surface area contributed by atoms with Gasteiger partial charge >= 0.3 is 5.97 Å². The molecule has 0 radical (unpaired) electrons. The van der Waals surface area contributed by atoms with E-state index in [4.69, 9.17) is 25.7 Å². The first-order chi connectivity index (χ1) is 16.4. The van der Waals surface area contributed by atoms with E-state index in [0.717, 1.165) is 11.1 Å². The highest BCUT2D eigenvalue weighted by Gasteiger charge is 2.22. The summed E-state index contributed by atoms with van der Waals surface area (Å²) in [4.78, 5) is 21.1. The smallest absolute Gasteiger partial charge is 0.303 e. The van der Waals surface area contributed by atoms with Gasteiger partial charge < -0.3 is 19.1 Å². The maximum absolute atomic E-state index is 10.8. The van der Waals surface area contributed by atoms with Gasteiger partial charge in [0.2, 0.25) is 11.5 Å². The number of hydrogen-bond donors (Lipinski definition) is 1. The summed E-state index contributed by atoms with van der Waals surface area (Å²) in [6.07, 6.45) is 0.699. The summed E-state index contributed by atoms with van der Waals surface area (Å²) in [6, 6.07) is 11.0. The van der Waals surface area contributed by atoms with Crippen LogP contribution in [0.4, 0.5) is 5.69 Å². The second-order valence-electron chi connectivity index (χ2n) is 8.30. The fourth-order valence-corrected chi connectivity index (χ4v) is 3.84. The molecule has 0 saturated carbocycles. The second kappa shape index (κ2) is 10.4. The average Bonchev–Trinajstić information content (AvgIpc) is 3.20. The molecular formula is C25H26N4O5. The molecular weight excluding hydrogens is 436 g/mol. The van der Waals surface area contributed by atoms with Gasteiger partial charge in [0.15, 0.2) is 0 Å². The first kappa shape index (κ1) is 23.3. The highest BCUT2D eigenvalue weighted by Crippen LogP contribution is 2.37. The summed E-state index contributed by atoms with van der Waals surface area (Å²) in [5, 5.41) is 13.1. The van der Waals surface area contributed by atoms with Crippen LogP contribution in [-0.2, 0) is 11.3 Å². The third-order valence-electron chi connectivity index (χ3n) is 5.37. The van der Waals surface area contributed by atoms with E-state index >= 15 is 0 Å². The van der Waals surface area contributed by atoms with Crippen molar-refractivity contribution in [1.82, 2.24) is 15.0 Å². The minimum Gasteiger partial charge on any atom is -0.502 e. The molecule has 1 aliphatic rings. The van der Waals surface area contributed by atoms with E-state index in [9.17, 15) is 4.79 Å². The van der Waals surface area contributed by atoms with Gasteiger partial charge in [-0.15, -0.1) is 0 Å². The molecule has 4 rings (SSSR count). The average molecular weight is 463 g/mol. The van der Waals surface area contributed by atoms with Crippen LogP contribution >= 0.6 is 0 Å². The molecule has 0 saturated heterocycles. The lowest BCUT2D eigenvalue weighted by Gasteiger charge is -2.18. The van der Waals surface area contributed by atoms with Crippen molar-refractivity contribution in [2.45, 2.75) is 39.3 Å². The topological polar surface area (TPSA) is 102 Å². The van der Waals surface area contributed by atoms with Crippen LogP contribution in [0.15, 0.2) is 40.9 Å². The lowest BCUT2D eigenvalue weighted by Crippen LogP contribution is -2.27. The van der Waals surface area contributed by atoms with E-state index in [2.05, 4.69) is 19.9 Å². The van der Waals surface area contributed by atoms with Gasteiger partial charge in [-0.2, -0.15) is 4.98 Å². The number of carbonyl (C=O) groups is 1. The van der Waals surface area contributed by atoms with Gasteiger partial charge in [-0.05, 0) is 51.1 Å². The van der Waals surface area contributed by atoms with E-state index in [-0.39, 0.29) is 12.5 Å². The highest BCUT2D eigenvalue weighted by molar-refractivity contribution is 5.71. The number of nitrogens with zero attached hydrogens (tertiary/aromatic N) is 4. The van der Waals surface area contributed by atoms with Crippen molar-refractivity contribution in [3.05, 3.63) is 53.4 Å². The van der Waals surface area contributed by atoms with Crippen molar-refractivity contribution in [2.24, 2.45) is 0 Å². The summed E-state index contributed by atoms with van der Waals surface area (Å²) in [6.45, 7) is 13.8. The largest absolute Gasteiger partial charge is 0.502 e. The first-order valence-corrected chi connectivity index (χ1v) is 11.2. The monoisotopic (exact) mass is 462 g/mol. The molecule has 3 aromatic rings. The Morgan fingerprint density at radius 2 is 2.18 bits per heavy atom. The lowest BCUT2D eigenvalue weighted by atomic mass is 10.1. The van der Waals surface area contributed by atoms with Crippen molar-refractivity contribution in [3.8, 4) is 34.3 Å². The molecule has 34 heavy (non-hydrogen) atoms. The zero-order valence-electron chi connectivity index (χ0n) is 19.2. The quantitative estimate of drug-likeness (QED) is 0.476. The van der Waals surface area contributed by atoms with E-state index < -0.39 is 5.97 Å². The molecule has 0 aliphatic carbocycles. The van der Waals surface area contributed by atoms with Crippen molar-refractivity contribution < 1.29 is 23.9 Å². The van der Waals surface area contributed by atoms with E-state index in [1.165, 1.54) is 0 Å². The van der Waals surface area contributed by atoms with Crippen LogP contribution in [0.3, 0.4) is 0 Å². The van der Waals surface area contributed by atoms with Gasteiger partial charge in [0.1, 0.15) is 18.1 Å². The number of rotatable bonds is 8. The Bertz CT molecular complexity index is 1210. The third-order valence-corrected chi connectivity index (χ3v) is 5.37. The molecule has 9 nitrogen and oxygen atoms in total. The number of ether oxygens (including phenoxy) is 2. The molecule has 0 amide bonds. The van der Waals surface area contributed by atoms with E-state index in [1.54, 1.807) is 18.2 Å². The molecule has 0 fully saturated rings. The number of benzene rings is 2. The first-order valence-electron chi connectivity index (χ1n) is 11.2. The van der Waals surface area contributed by atoms with Crippen molar-refractivity contribution >= 4 is 11.7 Å². The van der Waals surface area contributed by atoms with Crippen LogP contribution in [0.1, 0.15) is 32.3 Å². The minimum absolute atomic E-state index is 0.0391. The fraction of sp³-hybridized carbons (Fsp3) is 0.360. The maximum Gasteiger partial charge on any atom is 0.303 e. The number of hydrogen-bond acceptors (Lipinski definition) is 7. The standard InChI is InChI=1S/C25H26N4O5/c1-16(2)33-21-10-9-17(14-20(21)26-3)25-27-24(28-34-25)19-7-4-6-18-15-29(11-5-8-22(30)31)12-13-32-23(18)19/h4,6-7,9-10,14,16H,5,8,11-13,15H2,1-2H3,(H,30,31). The van der Waals surface area contributed by atoms with Gasteiger partial charge in [0, 0.05) is 30.6 Å². The zero-order chi connectivity index (χ0) is 24.1. The number of carboxylic acids is 1. The molecule has 176 valence electrons. The Morgan fingerprint density at radius 1 is 1.32 bits per heavy atom. The number of fused-ring (bicyclic) bond motifs is 1. The van der Waals surface area contributed by atoms with Crippen LogP contribution in [-0.4, -0.2) is 51.9 Å². The fourth-order valence-electron chi connectivity index (χ4n) is 3.84. The molecule has 0 bridgehead atoms. The predicted octanol–water partition coefficient (Wildman–Crippen LogP) is 4.80. The Labute approximate surface area is 197 Å². The van der Waals surface area contributed by atoms with Crippen LogP contribution in [0.25, 0.3) is 27.7 Å². The van der Waals surface area contributed by atoms with Gasteiger partial charge in [-0.3, -0.25) is 9.69 Å². The number of para-hydroxylation sites is 1. The van der Waals surface area contributed by atoms with Crippen molar-refractivity contribution in [3.63, 3.8) is 0 Å². The molecule has 0 spiro atoms. The van der Waals surface area contributed by atoms with E-state index in [1.807, 2.05) is 32.0 Å². The third kappa shape index (κ3) is 5.35. The molecule has 1 aliphatic heterocycles. The summed E-state index contributed by atoms with van der Waals surface area (Å²) in [5.41, 5.74) is 2.73. The Kier molecular flexibility index (Phi) is 7.09.